The summed E-state index contributed by atoms with van der Waals surface area (Å²) in [6.07, 6.45) is 6.12. The molecule has 0 spiro atoms. The quantitative estimate of drug-likeness (QED) is 0.352. The molecule has 0 fully saturated rings. The van der Waals surface area contributed by atoms with Crippen molar-refractivity contribution in [2.24, 2.45) is 0 Å². The fraction of sp³-hybridized carbons (Fsp3) is 0.160. The third-order valence-corrected chi connectivity index (χ3v) is 7.53. The van der Waals surface area contributed by atoms with Crippen molar-refractivity contribution in [3.8, 4) is 11.1 Å². The van der Waals surface area contributed by atoms with Gasteiger partial charge in [-0.3, -0.25) is 14.3 Å². The van der Waals surface area contributed by atoms with Crippen LogP contribution in [0.15, 0.2) is 78.2 Å². The normalized spacial score (nSPS) is 17.6. The number of aromatic nitrogens is 3. The van der Waals surface area contributed by atoms with Gasteiger partial charge in [0.15, 0.2) is 14.9 Å². The van der Waals surface area contributed by atoms with Gasteiger partial charge in [-0.05, 0) is 47.9 Å². The van der Waals surface area contributed by atoms with Crippen LogP contribution in [0, 0.1) is 0 Å². The lowest BCUT2D eigenvalue weighted by Crippen LogP contribution is -2.41. The summed E-state index contributed by atoms with van der Waals surface area (Å²) in [7, 11) is -3.67. The number of pyridine rings is 1. The number of benzene rings is 2. The average Bonchev–Trinajstić information content (AvgIpc) is 3.33. The van der Waals surface area contributed by atoms with Gasteiger partial charge >= 0.3 is 0 Å². The zero-order chi connectivity index (χ0) is 25.0. The molecule has 2 aromatic carbocycles. The first-order valence-corrected chi connectivity index (χ1v) is 13.3. The molecule has 1 amide bonds. The molecular weight excluding hydrogens is 507 g/mol. The van der Waals surface area contributed by atoms with Crippen molar-refractivity contribution in [2.45, 2.75) is 23.9 Å². The maximum absolute atomic E-state index is 13.9. The number of anilines is 2. The standard InChI is InChI=1S/C25H20Cl2N4O3S/c1-25(13-16-5-7-17(8-6-16)18-4-3-9-28-14-18)23(32)30(21-11-19(26)10-20(27)12-21)24-29-15-22(31(24)25)35(2,33)34/h3-12,14-15H,13H2,1-2H3. The van der Waals surface area contributed by atoms with Crippen LogP contribution in [0.5, 0.6) is 0 Å². The summed E-state index contributed by atoms with van der Waals surface area (Å²) in [6, 6.07) is 16.3. The van der Waals surface area contributed by atoms with E-state index in [1.807, 2.05) is 36.4 Å². The first kappa shape index (κ1) is 23.5. The summed E-state index contributed by atoms with van der Waals surface area (Å²) in [5.74, 6) is -0.136. The summed E-state index contributed by atoms with van der Waals surface area (Å²) < 4.78 is 26.7. The van der Waals surface area contributed by atoms with Crippen LogP contribution in [0.2, 0.25) is 10.0 Å². The van der Waals surface area contributed by atoms with Crippen LogP contribution < -0.4 is 4.90 Å². The number of fused-ring (bicyclic) bond motifs is 1. The Morgan fingerprint density at radius 2 is 1.66 bits per heavy atom. The maximum Gasteiger partial charge on any atom is 0.260 e. The molecular formula is C25H20Cl2N4O3S. The van der Waals surface area contributed by atoms with Gasteiger partial charge in [0.25, 0.3) is 5.91 Å². The lowest BCUT2D eigenvalue weighted by Gasteiger charge is -2.26. The molecule has 0 aliphatic carbocycles. The second kappa shape index (κ2) is 8.48. The topological polar surface area (TPSA) is 85.2 Å². The third-order valence-electron chi connectivity index (χ3n) is 6.05. The number of carbonyl (C=O) groups is 1. The number of amides is 1. The molecule has 7 nitrogen and oxygen atoms in total. The Hall–Kier alpha value is -3.20. The first-order chi connectivity index (χ1) is 16.6. The highest BCUT2D eigenvalue weighted by molar-refractivity contribution is 7.90. The van der Waals surface area contributed by atoms with Crippen molar-refractivity contribution < 1.29 is 13.2 Å². The predicted octanol–water partition coefficient (Wildman–Crippen LogP) is 5.29. The van der Waals surface area contributed by atoms with Gasteiger partial charge in [0, 0.05) is 35.1 Å². The molecule has 35 heavy (non-hydrogen) atoms. The second-order valence-corrected chi connectivity index (χ2v) is 11.5. The molecule has 0 bridgehead atoms. The molecule has 4 aromatic rings. The number of nitrogens with zero attached hydrogens (tertiary/aromatic N) is 4. The van der Waals surface area contributed by atoms with E-state index in [1.165, 1.54) is 15.7 Å². The smallest absolute Gasteiger partial charge is 0.260 e. The molecule has 1 atom stereocenters. The zero-order valence-corrected chi connectivity index (χ0v) is 21.1. The van der Waals surface area contributed by atoms with E-state index < -0.39 is 15.4 Å². The van der Waals surface area contributed by atoms with Crippen molar-refractivity contribution >= 4 is 50.6 Å². The fourth-order valence-electron chi connectivity index (χ4n) is 4.44. The van der Waals surface area contributed by atoms with Crippen LogP contribution in [-0.4, -0.2) is 35.1 Å². The van der Waals surface area contributed by atoms with Crippen LogP contribution in [0.1, 0.15) is 12.5 Å². The van der Waals surface area contributed by atoms with E-state index in [4.69, 9.17) is 23.2 Å². The molecule has 2 aromatic heterocycles. The molecule has 0 saturated carbocycles. The number of carbonyl (C=O) groups excluding carboxylic acids is 1. The van der Waals surface area contributed by atoms with E-state index in [2.05, 4.69) is 9.97 Å². The minimum atomic E-state index is -3.67. The van der Waals surface area contributed by atoms with Crippen molar-refractivity contribution in [3.63, 3.8) is 0 Å². The summed E-state index contributed by atoms with van der Waals surface area (Å²) >= 11 is 12.4. The molecule has 5 rings (SSSR count). The highest BCUT2D eigenvalue weighted by Gasteiger charge is 2.51. The minimum Gasteiger partial charge on any atom is -0.285 e. The Balaban J connectivity index is 1.60. The van der Waals surface area contributed by atoms with Gasteiger partial charge < -0.3 is 0 Å². The van der Waals surface area contributed by atoms with Crippen molar-refractivity contribution in [1.29, 1.82) is 0 Å². The second-order valence-electron chi connectivity index (χ2n) is 8.66. The number of halogens is 2. The Labute approximate surface area is 212 Å². The summed E-state index contributed by atoms with van der Waals surface area (Å²) in [6.45, 7) is 1.72. The molecule has 3 heterocycles. The van der Waals surface area contributed by atoms with E-state index >= 15 is 0 Å². The average molecular weight is 527 g/mol. The Kier molecular flexibility index (Phi) is 5.70. The van der Waals surface area contributed by atoms with E-state index in [1.54, 1.807) is 37.5 Å². The van der Waals surface area contributed by atoms with Gasteiger partial charge in [-0.1, -0.05) is 53.5 Å². The van der Waals surface area contributed by atoms with Gasteiger partial charge in [-0.15, -0.1) is 0 Å². The van der Waals surface area contributed by atoms with Gasteiger partial charge in [-0.25, -0.2) is 18.3 Å². The Bertz CT molecular complexity index is 1530. The van der Waals surface area contributed by atoms with Crippen molar-refractivity contribution in [3.05, 3.63) is 88.8 Å². The molecule has 1 aliphatic rings. The summed E-state index contributed by atoms with van der Waals surface area (Å²) in [4.78, 5) is 23.8. The van der Waals surface area contributed by atoms with E-state index in [0.717, 1.165) is 22.9 Å². The predicted molar refractivity (Wildman–Crippen MR) is 136 cm³/mol. The van der Waals surface area contributed by atoms with Crippen molar-refractivity contribution in [2.75, 3.05) is 11.2 Å². The monoisotopic (exact) mass is 526 g/mol. The number of imidazole rings is 1. The molecule has 0 saturated heterocycles. The first-order valence-electron chi connectivity index (χ1n) is 10.7. The van der Waals surface area contributed by atoms with Gasteiger partial charge in [0.1, 0.15) is 5.54 Å². The van der Waals surface area contributed by atoms with Gasteiger partial charge in [0.2, 0.25) is 5.95 Å². The van der Waals surface area contributed by atoms with Crippen LogP contribution >= 0.6 is 23.2 Å². The van der Waals surface area contributed by atoms with Gasteiger partial charge in [-0.2, -0.15) is 0 Å². The Morgan fingerprint density at radius 3 is 2.26 bits per heavy atom. The highest BCUT2D eigenvalue weighted by Crippen LogP contribution is 2.44. The van der Waals surface area contributed by atoms with E-state index in [9.17, 15) is 13.2 Å². The fourth-order valence-corrected chi connectivity index (χ4v) is 5.81. The molecule has 178 valence electrons. The molecule has 10 heteroatoms. The summed E-state index contributed by atoms with van der Waals surface area (Å²) in [5.41, 5.74) is 1.98. The number of hydrogen-bond acceptors (Lipinski definition) is 5. The van der Waals surface area contributed by atoms with Crippen LogP contribution in [0.4, 0.5) is 11.6 Å². The number of sulfone groups is 1. The van der Waals surface area contributed by atoms with E-state index in [0.29, 0.717) is 15.7 Å². The largest absolute Gasteiger partial charge is 0.285 e. The molecule has 1 aliphatic heterocycles. The lowest BCUT2D eigenvalue weighted by atomic mass is 9.91. The van der Waals surface area contributed by atoms with Crippen LogP contribution in [0.3, 0.4) is 0 Å². The SMILES string of the molecule is CC1(Cc2ccc(-c3cccnc3)cc2)C(=O)N(c2cc(Cl)cc(Cl)c2)c2ncc(S(C)(=O)=O)n21. The van der Waals surface area contributed by atoms with Gasteiger partial charge in [0.05, 0.1) is 11.9 Å². The number of rotatable bonds is 5. The maximum atomic E-state index is 13.9. The van der Waals surface area contributed by atoms with E-state index in [-0.39, 0.29) is 23.3 Å². The lowest BCUT2D eigenvalue weighted by molar-refractivity contribution is -0.124. The molecule has 0 N–H and O–H groups in total. The zero-order valence-electron chi connectivity index (χ0n) is 18.8. The molecule has 1 unspecified atom stereocenters. The van der Waals surface area contributed by atoms with Crippen molar-refractivity contribution in [1.82, 2.24) is 14.5 Å². The Morgan fingerprint density at radius 1 is 0.971 bits per heavy atom. The van der Waals surface area contributed by atoms with Crippen LogP contribution in [0.25, 0.3) is 11.1 Å². The minimum absolute atomic E-state index is 0.0362. The summed E-state index contributed by atoms with van der Waals surface area (Å²) in [5, 5.41) is 0.661. The third kappa shape index (κ3) is 4.11. The van der Waals surface area contributed by atoms with Crippen LogP contribution in [-0.2, 0) is 26.6 Å². The molecule has 0 radical (unpaired) electrons. The number of hydrogen-bond donors (Lipinski definition) is 0. The highest BCUT2D eigenvalue weighted by atomic mass is 35.5.